The molecule has 2 rings (SSSR count). The van der Waals surface area contributed by atoms with E-state index in [4.69, 9.17) is 5.73 Å². The van der Waals surface area contributed by atoms with Crippen molar-refractivity contribution in [3.8, 4) is 6.07 Å². The molecule has 2 aromatic rings. The fourth-order valence-corrected chi connectivity index (χ4v) is 1.65. The summed E-state index contributed by atoms with van der Waals surface area (Å²) >= 11 is 0. The molecule has 0 aliphatic heterocycles. The third-order valence-corrected chi connectivity index (χ3v) is 2.51. The number of pyridine rings is 2. The van der Waals surface area contributed by atoms with Gasteiger partial charge in [0.25, 0.3) is 0 Å². The fraction of sp³-hybridized carbons (Fsp3) is 0.0714. The molecular formula is C14H14N4+2. The Morgan fingerprint density at radius 1 is 0.944 bits per heavy atom. The molecule has 0 saturated carbocycles. The van der Waals surface area contributed by atoms with Crippen molar-refractivity contribution in [3.63, 3.8) is 0 Å². The van der Waals surface area contributed by atoms with Gasteiger partial charge in [-0.05, 0) is 0 Å². The smallest absolute Gasteiger partial charge is 0.314 e. The van der Waals surface area contributed by atoms with E-state index in [-0.39, 0.29) is 0 Å². The Morgan fingerprint density at radius 3 is 2.06 bits per heavy atom. The summed E-state index contributed by atoms with van der Waals surface area (Å²) in [5.74, 6) is 0. The van der Waals surface area contributed by atoms with Gasteiger partial charge in [-0.15, -0.1) is 0 Å². The second-order valence-electron chi connectivity index (χ2n) is 3.82. The third kappa shape index (κ3) is 2.71. The number of hydrogen-bond donors (Lipinski definition) is 1. The first-order valence-electron chi connectivity index (χ1n) is 5.61. The topological polar surface area (TPSA) is 57.6 Å². The van der Waals surface area contributed by atoms with E-state index in [1.807, 2.05) is 53.4 Å². The van der Waals surface area contributed by atoms with Crippen LogP contribution in [0.1, 0.15) is 0 Å². The van der Waals surface area contributed by atoms with E-state index in [0.717, 1.165) is 0 Å². The first-order chi connectivity index (χ1) is 8.81. The van der Waals surface area contributed by atoms with Crippen LogP contribution in [0.5, 0.6) is 0 Å². The van der Waals surface area contributed by atoms with E-state index in [2.05, 4.69) is 6.07 Å². The van der Waals surface area contributed by atoms with Crippen LogP contribution in [0.25, 0.3) is 5.70 Å². The molecule has 88 valence electrons. The Labute approximate surface area is 106 Å². The molecule has 0 aliphatic rings. The second-order valence-corrected chi connectivity index (χ2v) is 3.82. The molecule has 4 heteroatoms. The molecule has 2 N–H and O–H groups in total. The molecule has 2 aromatic heterocycles. The van der Waals surface area contributed by atoms with Gasteiger partial charge in [0, 0.05) is 24.3 Å². The SMILES string of the molecule is N#C/C(=C(/N)C[n+]1ccccc1)[n+]1ccccc1. The van der Waals surface area contributed by atoms with Gasteiger partial charge in [0.15, 0.2) is 43.1 Å². The Balaban J connectivity index is 2.31. The van der Waals surface area contributed by atoms with Gasteiger partial charge in [-0.2, -0.15) is 14.4 Å². The van der Waals surface area contributed by atoms with Crippen molar-refractivity contribution in [2.24, 2.45) is 5.73 Å². The highest BCUT2D eigenvalue weighted by Gasteiger charge is 2.16. The monoisotopic (exact) mass is 238 g/mol. The number of nitrogens with two attached hydrogens (primary N) is 1. The van der Waals surface area contributed by atoms with Crippen molar-refractivity contribution in [1.29, 1.82) is 5.26 Å². The maximum atomic E-state index is 9.21. The summed E-state index contributed by atoms with van der Waals surface area (Å²) in [6.45, 7) is 0.492. The second kappa shape index (κ2) is 5.60. The number of nitriles is 1. The predicted octanol–water partition coefficient (Wildman–Crippen LogP) is 0.613. The van der Waals surface area contributed by atoms with Crippen molar-refractivity contribution in [2.45, 2.75) is 6.54 Å². The predicted molar refractivity (Wildman–Crippen MR) is 66.3 cm³/mol. The Kier molecular flexibility index (Phi) is 3.67. The molecular weight excluding hydrogens is 224 g/mol. The average Bonchev–Trinajstić information content (AvgIpc) is 2.42. The highest BCUT2D eigenvalue weighted by molar-refractivity contribution is 5.53. The van der Waals surface area contributed by atoms with Crippen molar-refractivity contribution in [2.75, 3.05) is 0 Å². The van der Waals surface area contributed by atoms with Gasteiger partial charge in [-0.3, -0.25) is 0 Å². The van der Waals surface area contributed by atoms with E-state index in [1.165, 1.54) is 0 Å². The molecule has 0 aliphatic carbocycles. The molecule has 2 heterocycles. The number of hydrogen-bond acceptors (Lipinski definition) is 2. The summed E-state index contributed by atoms with van der Waals surface area (Å²) in [6.07, 6.45) is 7.44. The van der Waals surface area contributed by atoms with Gasteiger partial charge in [-0.25, -0.2) is 0 Å². The van der Waals surface area contributed by atoms with Gasteiger partial charge in [0.05, 0.1) is 0 Å². The van der Waals surface area contributed by atoms with E-state index in [0.29, 0.717) is 17.9 Å². The molecule has 4 nitrogen and oxygen atoms in total. The highest BCUT2D eigenvalue weighted by Crippen LogP contribution is 1.97. The number of rotatable bonds is 3. The zero-order valence-corrected chi connectivity index (χ0v) is 9.90. The minimum Gasteiger partial charge on any atom is -0.391 e. The lowest BCUT2D eigenvalue weighted by atomic mass is 10.3. The highest BCUT2D eigenvalue weighted by atomic mass is 15.0. The molecule has 0 atom stereocenters. The van der Waals surface area contributed by atoms with E-state index in [9.17, 15) is 5.26 Å². The fourth-order valence-electron chi connectivity index (χ4n) is 1.65. The maximum absolute atomic E-state index is 9.21. The van der Waals surface area contributed by atoms with Crippen LogP contribution in [0, 0.1) is 11.3 Å². The molecule has 0 fully saturated rings. The summed E-state index contributed by atoms with van der Waals surface area (Å²) in [5, 5.41) is 9.21. The Hall–Kier alpha value is -2.67. The lowest BCUT2D eigenvalue weighted by Gasteiger charge is -1.98. The standard InChI is InChI=1S/C14H14N4/c15-11-14(18-9-5-2-6-10-18)13(16)12-17-7-3-1-4-8-17/h1-10H,12,16H2/q+2/b14-13-. The molecule has 0 aromatic carbocycles. The zero-order valence-electron chi connectivity index (χ0n) is 9.90. The third-order valence-electron chi connectivity index (χ3n) is 2.51. The molecule has 0 bridgehead atoms. The summed E-state index contributed by atoms with van der Waals surface area (Å²) in [7, 11) is 0. The first kappa shape index (κ1) is 11.8. The average molecular weight is 238 g/mol. The van der Waals surface area contributed by atoms with Crippen LogP contribution in [0.4, 0.5) is 0 Å². The maximum Gasteiger partial charge on any atom is 0.314 e. The Morgan fingerprint density at radius 2 is 1.50 bits per heavy atom. The van der Waals surface area contributed by atoms with Crippen LogP contribution in [-0.2, 0) is 6.54 Å². The summed E-state index contributed by atoms with van der Waals surface area (Å²) in [6, 6.07) is 13.6. The van der Waals surface area contributed by atoms with Crippen molar-refractivity contribution in [3.05, 3.63) is 66.9 Å². The lowest BCUT2D eigenvalue weighted by molar-refractivity contribution is -0.690. The van der Waals surface area contributed by atoms with Crippen LogP contribution < -0.4 is 14.9 Å². The summed E-state index contributed by atoms with van der Waals surface area (Å²) in [5.41, 5.74) is 6.99. The van der Waals surface area contributed by atoms with Crippen LogP contribution >= 0.6 is 0 Å². The molecule has 0 saturated heterocycles. The van der Waals surface area contributed by atoms with Crippen LogP contribution in [0.3, 0.4) is 0 Å². The quantitative estimate of drug-likeness (QED) is 0.629. The summed E-state index contributed by atoms with van der Waals surface area (Å²) in [4.78, 5) is 0. The summed E-state index contributed by atoms with van der Waals surface area (Å²) < 4.78 is 3.65. The van der Waals surface area contributed by atoms with E-state index in [1.54, 1.807) is 17.0 Å². The van der Waals surface area contributed by atoms with E-state index >= 15 is 0 Å². The molecule has 18 heavy (non-hydrogen) atoms. The number of nitrogens with zero attached hydrogens (tertiary/aromatic N) is 3. The molecule has 0 spiro atoms. The van der Waals surface area contributed by atoms with Gasteiger partial charge in [0.1, 0.15) is 0 Å². The van der Waals surface area contributed by atoms with Crippen LogP contribution in [0.15, 0.2) is 66.9 Å². The van der Waals surface area contributed by atoms with Gasteiger partial charge in [-0.1, -0.05) is 12.1 Å². The van der Waals surface area contributed by atoms with Gasteiger partial charge < -0.3 is 5.73 Å². The van der Waals surface area contributed by atoms with Gasteiger partial charge >= 0.3 is 5.70 Å². The molecule has 0 radical (unpaired) electrons. The minimum absolute atomic E-state index is 0.451. The number of allylic oxidation sites excluding steroid dienone is 2. The zero-order chi connectivity index (χ0) is 12.8. The van der Waals surface area contributed by atoms with Crippen LogP contribution in [0.2, 0.25) is 0 Å². The number of aromatic nitrogens is 2. The lowest BCUT2D eigenvalue weighted by Crippen LogP contribution is -2.39. The normalized spacial score (nSPS) is 11.5. The molecule has 0 unspecified atom stereocenters. The molecule has 0 amide bonds. The minimum atomic E-state index is 0.451. The van der Waals surface area contributed by atoms with E-state index < -0.39 is 0 Å². The van der Waals surface area contributed by atoms with Crippen LogP contribution in [-0.4, -0.2) is 0 Å². The largest absolute Gasteiger partial charge is 0.391 e. The van der Waals surface area contributed by atoms with Crippen molar-refractivity contribution >= 4 is 5.70 Å². The van der Waals surface area contributed by atoms with Crippen molar-refractivity contribution < 1.29 is 9.13 Å². The Bertz CT molecular complexity index is 582. The van der Waals surface area contributed by atoms with Crippen molar-refractivity contribution in [1.82, 2.24) is 0 Å². The van der Waals surface area contributed by atoms with Gasteiger partial charge in [0.2, 0.25) is 0 Å². The first-order valence-corrected chi connectivity index (χ1v) is 5.61.